The minimum atomic E-state index is 0.0124. The molecule has 1 N–H and O–H groups in total. The zero-order chi connectivity index (χ0) is 13.9. The Bertz CT molecular complexity index is 594. The van der Waals surface area contributed by atoms with E-state index in [1.165, 1.54) is 4.88 Å². The summed E-state index contributed by atoms with van der Waals surface area (Å²) in [5, 5.41) is 5.11. The number of likely N-dealkylation sites (tertiary alicyclic amines) is 1. The molecule has 4 heteroatoms. The molecule has 20 heavy (non-hydrogen) atoms. The molecule has 0 saturated carbocycles. The summed E-state index contributed by atoms with van der Waals surface area (Å²) in [6, 6.07) is 12.1. The maximum Gasteiger partial charge on any atom is 0.321 e. The molecule has 3 rings (SSSR count). The molecule has 2 aromatic rings. The average molecular weight is 286 g/mol. The van der Waals surface area contributed by atoms with Gasteiger partial charge in [-0.3, -0.25) is 0 Å². The lowest BCUT2D eigenvalue weighted by molar-refractivity contribution is 0.222. The van der Waals surface area contributed by atoms with Crippen molar-refractivity contribution in [2.75, 3.05) is 18.4 Å². The molecule has 3 nitrogen and oxygen atoms in total. The molecule has 0 radical (unpaired) electrons. The van der Waals surface area contributed by atoms with Gasteiger partial charge in [-0.2, -0.15) is 0 Å². The maximum atomic E-state index is 12.3. The molecule has 1 aliphatic heterocycles. The molecule has 0 bridgehead atoms. The lowest BCUT2D eigenvalue weighted by Gasteiger charge is -2.18. The van der Waals surface area contributed by atoms with E-state index in [1.54, 1.807) is 11.3 Å². The molecule has 2 amide bonds. The van der Waals surface area contributed by atoms with Gasteiger partial charge in [-0.05, 0) is 36.4 Å². The Morgan fingerprint density at radius 3 is 2.90 bits per heavy atom. The fourth-order valence-corrected chi connectivity index (χ4v) is 3.46. The van der Waals surface area contributed by atoms with Gasteiger partial charge in [-0.25, -0.2) is 4.79 Å². The predicted octanol–water partition coefficient (Wildman–Crippen LogP) is 4.08. The Balaban J connectivity index is 1.63. The van der Waals surface area contributed by atoms with E-state index in [0.29, 0.717) is 5.92 Å². The van der Waals surface area contributed by atoms with Crippen molar-refractivity contribution in [3.8, 4) is 0 Å². The Morgan fingerprint density at radius 2 is 2.15 bits per heavy atom. The Labute approximate surface area is 123 Å². The van der Waals surface area contributed by atoms with Crippen LogP contribution >= 0.6 is 11.3 Å². The molecule has 104 valence electrons. The van der Waals surface area contributed by atoms with E-state index in [1.807, 2.05) is 36.1 Å². The van der Waals surface area contributed by atoms with Crippen molar-refractivity contribution in [3.63, 3.8) is 0 Å². The summed E-state index contributed by atoms with van der Waals surface area (Å²) < 4.78 is 0. The summed E-state index contributed by atoms with van der Waals surface area (Å²) in [4.78, 5) is 15.6. The summed E-state index contributed by atoms with van der Waals surface area (Å²) in [6.45, 7) is 3.66. The van der Waals surface area contributed by atoms with Gasteiger partial charge in [0.05, 0.1) is 0 Å². The van der Waals surface area contributed by atoms with Gasteiger partial charge >= 0.3 is 6.03 Å². The topological polar surface area (TPSA) is 32.3 Å². The summed E-state index contributed by atoms with van der Waals surface area (Å²) in [7, 11) is 0. The van der Waals surface area contributed by atoms with Crippen molar-refractivity contribution in [2.45, 2.75) is 19.3 Å². The SMILES string of the molecule is Cc1ccccc1NC(=O)N1CCC(c2cccs2)C1. The number of nitrogens with one attached hydrogen (secondary N) is 1. The monoisotopic (exact) mass is 286 g/mol. The summed E-state index contributed by atoms with van der Waals surface area (Å²) in [5.41, 5.74) is 1.99. The van der Waals surface area contributed by atoms with Gasteiger partial charge in [0.2, 0.25) is 0 Å². The number of benzene rings is 1. The van der Waals surface area contributed by atoms with Crippen LogP contribution in [0.25, 0.3) is 0 Å². The number of carbonyl (C=O) groups excluding carboxylic acids is 1. The van der Waals surface area contributed by atoms with Crippen LogP contribution in [0.3, 0.4) is 0 Å². The highest BCUT2D eigenvalue weighted by molar-refractivity contribution is 7.10. The lowest BCUT2D eigenvalue weighted by Crippen LogP contribution is -2.32. The largest absolute Gasteiger partial charge is 0.324 e. The van der Waals surface area contributed by atoms with E-state index >= 15 is 0 Å². The number of urea groups is 1. The second-order valence-electron chi connectivity index (χ2n) is 5.19. The molecule has 1 aliphatic rings. The van der Waals surface area contributed by atoms with Crippen LogP contribution in [-0.4, -0.2) is 24.0 Å². The highest BCUT2D eigenvalue weighted by Gasteiger charge is 2.27. The van der Waals surface area contributed by atoms with Gasteiger partial charge in [-0.1, -0.05) is 24.3 Å². The first-order valence-corrected chi connectivity index (χ1v) is 7.77. The van der Waals surface area contributed by atoms with Gasteiger partial charge in [0.15, 0.2) is 0 Å². The zero-order valence-corrected chi connectivity index (χ0v) is 12.3. The van der Waals surface area contributed by atoms with Gasteiger partial charge in [-0.15, -0.1) is 11.3 Å². The second kappa shape index (κ2) is 5.67. The van der Waals surface area contributed by atoms with Crippen LogP contribution in [0.4, 0.5) is 10.5 Å². The standard InChI is InChI=1S/C16H18N2OS/c1-12-5-2-3-6-14(12)17-16(19)18-9-8-13(11-18)15-7-4-10-20-15/h2-7,10,13H,8-9,11H2,1H3,(H,17,19). The highest BCUT2D eigenvalue weighted by Crippen LogP contribution is 2.30. The lowest BCUT2D eigenvalue weighted by atomic mass is 10.1. The number of hydrogen-bond acceptors (Lipinski definition) is 2. The summed E-state index contributed by atoms with van der Waals surface area (Å²) >= 11 is 1.78. The predicted molar refractivity (Wildman–Crippen MR) is 83.4 cm³/mol. The van der Waals surface area contributed by atoms with Crippen LogP contribution in [0.15, 0.2) is 41.8 Å². The normalized spacial score (nSPS) is 18.2. The molecule has 2 heterocycles. The number of hydrogen-bond donors (Lipinski definition) is 1. The molecule has 1 unspecified atom stereocenters. The van der Waals surface area contributed by atoms with Gasteiger partial charge in [0.25, 0.3) is 0 Å². The minimum Gasteiger partial charge on any atom is -0.324 e. The third-order valence-electron chi connectivity index (χ3n) is 3.81. The first-order valence-electron chi connectivity index (χ1n) is 6.89. The highest BCUT2D eigenvalue weighted by atomic mass is 32.1. The molecular formula is C16H18N2OS. The fourth-order valence-electron chi connectivity index (χ4n) is 2.61. The Morgan fingerprint density at radius 1 is 1.30 bits per heavy atom. The van der Waals surface area contributed by atoms with Crippen LogP contribution in [-0.2, 0) is 0 Å². The van der Waals surface area contributed by atoms with Crippen molar-refractivity contribution in [3.05, 3.63) is 52.2 Å². The maximum absolute atomic E-state index is 12.3. The smallest absolute Gasteiger partial charge is 0.321 e. The van der Waals surface area contributed by atoms with Crippen LogP contribution < -0.4 is 5.32 Å². The van der Waals surface area contributed by atoms with E-state index in [9.17, 15) is 4.79 Å². The zero-order valence-electron chi connectivity index (χ0n) is 11.5. The number of para-hydroxylation sites is 1. The second-order valence-corrected chi connectivity index (χ2v) is 6.17. The van der Waals surface area contributed by atoms with Crippen LogP contribution in [0.2, 0.25) is 0 Å². The quantitative estimate of drug-likeness (QED) is 0.886. The third-order valence-corrected chi connectivity index (χ3v) is 4.84. The summed E-state index contributed by atoms with van der Waals surface area (Å²) in [6.07, 6.45) is 1.06. The number of thiophene rings is 1. The van der Waals surface area contributed by atoms with Gasteiger partial charge < -0.3 is 10.2 Å². The van der Waals surface area contributed by atoms with Crippen LogP contribution in [0.1, 0.15) is 22.8 Å². The number of rotatable bonds is 2. The van der Waals surface area contributed by atoms with E-state index in [2.05, 4.69) is 22.8 Å². The first kappa shape index (κ1) is 13.2. The average Bonchev–Trinajstić information content (AvgIpc) is 3.11. The molecular weight excluding hydrogens is 268 g/mol. The van der Waals surface area contributed by atoms with E-state index in [-0.39, 0.29) is 6.03 Å². The molecule has 0 aliphatic carbocycles. The molecule has 1 fully saturated rings. The van der Waals surface area contributed by atoms with Crippen molar-refractivity contribution in [1.82, 2.24) is 4.90 Å². The molecule has 1 aromatic carbocycles. The number of carbonyl (C=O) groups is 1. The van der Waals surface area contributed by atoms with Crippen LogP contribution in [0.5, 0.6) is 0 Å². The molecule has 1 aromatic heterocycles. The van der Waals surface area contributed by atoms with Crippen molar-refractivity contribution in [2.24, 2.45) is 0 Å². The number of nitrogens with zero attached hydrogens (tertiary/aromatic N) is 1. The van der Waals surface area contributed by atoms with E-state index in [0.717, 1.165) is 30.8 Å². The van der Waals surface area contributed by atoms with Crippen molar-refractivity contribution >= 4 is 23.1 Å². The number of amides is 2. The molecule has 1 atom stereocenters. The summed E-state index contributed by atoms with van der Waals surface area (Å²) in [5.74, 6) is 0.498. The Hall–Kier alpha value is -1.81. The third kappa shape index (κ3) is 2.70. The fraction of sp³-hybridized carbons (Fsp3) is 0.312. The molecule has 1 saturated heterocycles. The first-order chi connectivity index (χ1) is 9.74. The Kier molecular flexibility index (Phi) is 3.74. The van der Waals surface area contributed by atoms with Crippen molar-refractivity contribution < 1.29 is 4.79 Å². The van der Waals surface area contributed by atoms with Crippen LogP contribution in [0, 0.1) is 6.92 Å². The number of anilines is 1. The number of aryl methyl sites for hydroxylation is 1. The minimum absolute atomic E-state index is 0.0124. The van der Waals surface area contributed by atoms with Gasteiger partial charge in [0, 0.05) is 29.6 Å². The van der Waals surface area contributed by atoms with E-state index in [4.69, 9.17) is 0 Å². The van der Waals surface area contributed by atoms with E-state index < -0.39 is 0 Å². The molecule has 0 spiro atoms. The van der Waals surface area contributed by atoms with Crippen molar-refractivity contribution in [1.29, 1.82) is 0 Å². The van der Waals surface area contributed by atoms with Gasteiger partial charge in [0.1, 0.15) is 0 Å².